The molecule has 9 nitrogen and oxygen atoms in total. The molecule has 0 saturated carbocycles. The maximum atomic E-state index is 11.0. The van der Waals surface area contributed by atoms with Crippen LogP contribution in [0.5, 0.6) is 0 Å². The van der Waals surface area contributed by atoms with Crippen LogP contribution in [-0.2, 0) is 17.4 Å². The van der Waals surface area contributed by atoms with Crippen LogP contribution >= 0.6 is 0 Å². The predicted molar refractivity (Wildman–Crippen MR) is 45.8 cm³/mol. The van der Waals surface area contributed by atoms with Gasteiger partial charge >= 0.3 is 0 Å². The van der Waals surface area contributed by atoms with Gasteiger partial charge in [-0.3, -0.25) is 4.79 Å². The Morgan fingerprint density at radius 2 is 1.83 bits per heavy atom. The van der Waals surface area contributed by atoms with Crippen molar-refractivity contribution >= 4 is 5.78 Å². The van der Waals surface area contributed by atoms with Crippen LogP contribution in [0.3, 0.4) is 0 Å². The van der Waals surface area contributed by atoms with E-state index in [9.17, 15) is 4.79 Å². The fraction of sp³-hybridized carbons (Fsp3) is 0.750. The van der Waals surface area contributed by atoms with Gasteiger partial charge in [0.15, 0.2) is 5.21 Å². The molecule has 0 N–H and O–H groups in total. The summed E-state index contributed by atoms with van der Waals surface area (Å²) >= 11 is 0. The van der Waals surface area contributed by atoms with Crippen molar-refractivity contribution in [2.45, 2.75) is 32.7 Å². The summed E-state index contributed by atoms with van der Waals surface area (Å²) in [5, 5.41) is 7.73. The summed E-state index contributed by atoms with van der Waals surface area (Å²) < 4.78 is 37.3. The topological polar surface area (TPSA) is 144 Å². The number of hydrogen-bond acceptors (Lipinski definition) is 7. The number of ketones is 1. The van der Waals surface area contributed by atoms with Gasteiger partial charge in [0.2, 0.25) is 6.33 Å². The lowest BCUT2D eigenvalue weighted by molar-refractivity contribution is -2.00. The summed E-state index contributed by atoms with van der Waals surface area (Å²) in [7, 11) is -3.15. The molecule has 0 aliphatic heterocycles. The molecule has 18 heavy (non-hydrogen) atoms. The van der Waals surface area contributed by atoms with Gasteiger partial charge in [-0.05, 0) is 20.8 Å². The van der Waals surface area contributed by atoms with Crippen molar-refractivity contribution in [3.8, 4) is 0 Å². The number of aryl methyl sites for hydroxylation is 1. The Kier molecular flexibility index (Phi) is 5.77. The van der Waals surface area contributed by atoms with E-state index in [-0.39, 0.29) is 11.3 Å². The Labute approximate surface area is 106 Å². The highest BCUT2D eigenvalue weighted by atomic mass is 35.7. The monoisotopic (exact) mass is 282 g/mol. The molecule has 0 bridgehead atoms. The van der Waals surface area contributed by atoms with Crippen molar-refractivity contribution in [3.05, 3.63) is 6.33 Å². The minimum atomic E-state index is -4.94. The zero-order chi connectivity index (χ0) is 14.6. The van der Waals surface area contributed by atoms with Crippen molar-refractivity contribution < 1.29 is 38.4 Å². The molecule has 0 aliphatic rings. The molecule has 104 valence electrons. The minimum absolute atomic E-state index is 0.156. The molecule has 0 aliphatic carbocycles. The first-order valence-corrected chi connectivity index (χ1v) is 6.05. The van der Waals surface area contributed by atoms with Crippen LogP contribution in [0.2, 0.25) is 0 Å². The number of nitrogens with zero attached hydrogens (tertiary/aromatic N) is 4. The zero-order valence-electron chi connectivity index (χ0n) is 10.5. The van der Waals surface area contributed by atoms with Crippen LogP contribution < -0.4 is 23.3 Å². The maximum Gasteiger partial charge on any atom is 0.244 e. The average Bonchev–Trinajstić information content (AvgIpc) is 2.46. The van der Waals surface area contributed by atoms with Gasteiger partial charge in [-0.15, -0.1) is 14.9 Å². The standard InChI is InChI=1S/C8H15N4O.ClHO4/c1-7(13)5-8(2,3)12-6-11(4)9-10-12;2-1(3,4)5/h6H,5H2,1-4H3;(H,2,3,4,5)/q+1;/p-1. The van der Waals surface area contributed by atoms with Crippen molar-refractivity contribution in [2.75, 3.05) is 0 Å². The number of rotatable bonds is 3. The minimum Gasteiger partial charge on any atom is -0.300 e. The zero-order valence-corrected chi connectivity index (χ0v) is 11.2. The Morgan fingerprint density at radius 3 is 2.11 bits per heavy atom. The van der Waals surface area contributed by atoms with E-state index in [0.717, 1.165) is 0 Å². The van der Waals surface area contributed by atoms with Crippen LogP contribution in [-0.4, -0.2) is 20.9 Å². The van der Waals surface area contributed by atoms with Crippen molar-refractivity contribution in [3.63, 3.8) is 0 Å². The quantitative estimate of drug-likeness (QED) is 0.505. The van der Waals surface area contributed by atoms with E-state index in [1.54, 1.807) is 29.7 Å². The van der Waals surface area contributed by atoms with Crippen LogP contribution in [0.4, 0.5) is 0 Å². The molecule has 0 unspecified atom stereocenters. The van der Waals surface area contributed by atoms with Gasteiger partial charge in [-0.25, -0.2) is 18.6 Å². The molecular formula is C8H15ClN4O5. The summed E-state index contributed by atoms with van der Waals surface area (Å²) in [5.74, 6) is 0.156. The first-order valence-electron chi connectivity index (χ1n) is 4.82. The lowest BCUT2D eigenvalue weighted by Crippen LogP contribution is -2.68. The van der Waals surface area contributed by atoms with E-state index in [2.05, 4.69) is 10.4 Å². The second kappa shape index (κ2) is 6.16. The molecule has 0 spiro atoms. The van der Waals surface area contributed by atoms with Gasteiger partial charge in [-0.2, -0.15) is 0 Å². The smallest absolute Gasteiger partial charge is 0.244 e. The van der Waals surface area contributed by atoms with Crippen molar-refractivity contribution in [2.24, 2.45) is 7.05 Å². The van der Waals surface area contributed by atoms with E-state index < -0.39 is 10.2 Å². The molecule has 0 aromatic carbocycles. The SMILES string of the molecule is CC(=O)CC(C)(C)n1c[n+](C)nn1.[O-][Cl+3]([O-])([O-])[O-]. The maximum absolute atomic E-state index is 11.0. The summed E-state index contributed by atoms with van der Waals surface area (Å²) in [6, 6.07) is 0. The third-order valence-corrected chi connectivity index (χ3v) is 1.86. The number of halogens is 1. The summed E-state index contributed by atoms with van der Waals surface area (Å²) in [5.41, 5.74) is -0.292. The van der Waals surface area contributed by atoms with E-state index >= 15 is 0 Å². The Balaban J connectivity index is 0.000000494. The highest BCUT2D eigenvalue weighted by molar-refractivity contribution is 5.76. The van der Waals surface area contributed by atoms with E-state index in [1.165, 1.54) is 0 Å². The van der Waals surface area contributed by atoms with E-state index in [4.69, 9.17) is 18.6 Å². The summed E-state index contributed by atoms with van der Waals surface area (Å²) in [6.07, 6.45) is 2.24. The number of Topliss-reactive ketones (excluding diaryl/α,β-unsaturated/α-hetero) is 1. The summed E-state index contributed by atoms with van der Waals surface area (Å²) in [4.78, 5) is 11.0. The molecule has 10 heteroatoms. The van der Waals surface area contributed by atoms with Gasteiger partial charge in [0.25, 0.3) is 0 Å². The van der Waals surface area contributed by atoms with Crippen LogP contribution in [0.1, 0.15) is 27.2 Å². The van der Waals surface area contributed by atoms with Crippen molar-refractivity contribution in [1.82, 2.24) is 15.1 Å². The van der Waals surface area contributed by atoms with E-state index in [1.807, 2.05) is 13.8 Å². The predicted octanol–water partition coefficient (Wildman–Crippen LogP) is -4.94. The van der Waals surface area contributed by atoms with Gasteiger partial charge < -0.3 is 0 Å². The number of aromatic nitrogens is 4. The molecule has 0 saturated heterocycles. The van der Waals surface area contributed by atoms with Crippen molar-refractivity contribution in [1.29, 1.82) is 0 Å². The van der Waals surface area contributed by atoms with E-state index in [0.29, 0.717) is 6.42 Å². The second-order valence-corrected chi connectivity index (χ2v) is 5.04. The largest absolute Gasteiger partial charge is 0.300 e. The number of tetrazole rings is 1. The molecule has 1 aromatic heterocycles. The third kappa shape index (κ3) is 8.03. The van der Waals surface area contributed by atoms with Gasteiger partial charge in [0.1, 0.15) is 16.5 Å². The number of carbonyl (C=O) groups is 1. The number of hydrogen-bond donors (Lipinski definition) is 0. The van der Waals surface area contributed by atoms with Gasteiger partial charge in [-0.1, -0.05) is 4.68 Å². The average molecular weight is 283 g/mol. The first-order chi connectivity index (χ1) is 7.92. The summed E-state index contributed by atoms with van der Waals surface area (Å²) in [6.45, 7) is 5.50. The molecule has 1 rings (SSSR count). The van der Waals surface area contributed by atoms with Crippen LogP contribution in [0.25, 0.3) is 0 Å². The molecule has 1 aromatic rings. The normalized spacial score (nSPS) is 11.8. The molecular weight excluding hydrogens is 268 g/mol. The Morgan fingerprint density at radius 1 is 1.39 bits per heavy atom. The van der Waals surface area contributed by atoms with Gasteiger partial charge in [0, 0.05) is 6.42 Å². The molecule has 0 fully saturated rings. The molecule has 0 radical (unpaired) electrons. The Bertz CT molecular complexity index is 394. The molecule has 1 heterocycles. The highest BCUT2D eigenvalue weighted by Gasteiger charge is 2.29. The second-order valence-electron chi connectivity index (χ2n) is 4.28. The number of carbonyl (C=O) groups excluding carboxylic acids is 1. The fourth-order valence-electron chi connectivity index (χ4n) is 1.28. The highest BCUT2D eigenvalue weighted by Crippen LogP contribution is 2.16. The molecule has 0 atom stereocenters. The lowest BCUT2D eigenvalue weighted by atomic mass is 9.99. The fourth-order valence-corrected chi connectivity index (χ4v) is 1.28. The van der Waals surface area contributed by atoms with Crippen LogP contribution in [0, 0.1) is 10.2 Å². The first kappa shape index (κ1) is 16.9. The van der Waals surface area contributed by atoms with Crippen LogP contribution in [0.15, 0.2) is 6.33 Å². The Hall–Kier alpha value is -1.13. The van der Waals surface area contributed by atoms with Gasteiger partial charge in [0.05, 0.1) is 7.05 Å². The molecule has 0 amide bonds. The lowest BCUT2D eigenvalue weighted by Gasteiger charge is -2.17. The third-order valence-electron chi connectivity index (χ3n) is 1.86.